The monoisotopic (exact) mass is 308 g/mol. The summed E-state index contributed by atoms with van der Waals surface area (Å²) in [4.78, 5) is 22.6. The van der Waals surface area contributed by atoms with Crippen LogP contribution in [-0.2, 0) is 16.6 Å². The van der Waals surface area contributed by atoms with Gasteiger partial charge in [0.25, 0.3) is 5.91 Å². The van der Waals surface area contributed by atoms with Gasteiger partial charge in [0.1, 0.15) is 6.26 Å². The van der Waals surface area contributed by atoms with E-state index in [-0.39, 0.29) is 17.0 Å². The fourth-order valence-electron chi connectivity index (χ4n) is 1.60. The SMILES string of the molecule is NS(=O)(=O)c1cccc(CNC(=O)c2ccc(=O)oc2)c1. The number of hydrogen-bond acceptors (Lipinski definition) is 5. The highest BCUT2D eigenvalue weighted by atomic mass is 32.2. The molecular formula is C13H12N2O5S. The lowest BCUT2D eigenvalue weighted by atomic mass is 10.2. The number of carbonyl (C=O) groups excluding carboxylic acids is 1. The minimum atomic E-state index is -3.78. The summed E-state index contributed by atoms with van der Waals surface area (Å²) in [7, 11) is -3.78. The molecule has 0 spiro atoms. The second-order valence-electron chi connectivity index (χ2n) is 4.22. The van der Waals surface area contributed by atoms with Crippen molar-refractivity contribution in [2.24, 2.45) is 5.14 Å². The zero-order valence-electron chi connectivity index (χ0n) is 10.8. The van der Waals surface area contributed by atoms with E-state index in [1.165, 1.54) is 24.3 Å². The van der Waals surface area contributed by atoms with E-state index in [1.807, 2.05) is 0 Å². The lowest BCUT2D eigenvalue weighted by Gasteiger charge is -2.06. The van der Waals surface area contributed by atoms with E-state index in [0.29, 0.717) is 5.56 Å². The fourth-order valence-corrected chi connectivity index (χ4v) is 2.19. The van der Waals surface area contributed by atoms with Crippen LogP contribution in [0.15, 0.2) is 56.8 Å². The molecule has 0 fully saturated rings. The first-order valence-electron chi connectivity index (χ1n) is 5.85. The number of carbonyl (C=O) groups is 1. The van der Waals surface area contributed by atoms with Crippen LogP contribution in [-0.4, -0.2) is 14.3 Å². The number of benzene rings is 1. The molecule has 8 heteroatoms. The summed E-state index contributed by atoms with van der Waals surface area (Å²) >= 11 is 0. The van der Waals surface area contributed by atoms with Gasteiger partial charge in [-0.3, -0.25) is 4.79 Å². The van der Waals surface area contributed by atoms with Crippen LogP contribution >= 0.6 is 0 Å². The second-order valence-corrected chi connectivity index (χ2v) is 5.78. The summed E-state index contributed by atoms with van der Waals surface area (Å²) in [5, 5.41) is 7.61. The van der Waals surface area contributed by atoms with Crippen molar-refractivity contribution >= 4 is 15.9 Å². The van der Waals surface area contributed by atoms with E-state index in [9.17, 15) is 18.0 Å². The third-order valence-electron chi connectivity index (χ3n) is 2.64. The van der Waals surface area contributed by atoms with Gasteiger partial charge in [-0.05, 0) is 23.8 Å². The van der Waals surface area contributed by atoms with Gasteiger partial charge in [0.2, 0.25) is 10.0 Å². The largest absolute Gasteiger partial charge is 0.430 e. The molecule has 0 radical (unpaired) electrons. The number of rotatable bonds is 4. The molecule has 0 atom stereocenters. The van der Waals surface area contributed by atoms with Crippen molar-refractivity contribution in [1.29, 1.82) is 0 Å². The van der Waals surface area contributed by atoms with Gasteiger partial charge in [-0.25, -0.2) is 18.4 Å². The first-order chi connectivity index (χ1) is 9.86. The summed E-state index contributed by atoms with van der Waals surface area (Å²) in [6, 6.07) is 8.40. The van der Waals surface area contributed by atoms with Crippen molar-refractivity contribution in [2.75, 3.05) is 0 Å². The molecule has 0 aliphatic carbocycles. The molecule has 21 heavy (non-hydrogen) atoms. The van der Waals surface area contributed by atoms with Gasteiger partial charge in [-0.2, -0.15) is 0 Å². The Morgan fingerprint density at radius 3 is 2.62 bits per heavy atom. The molecule has 2 rings (SSSR count). The Morgan fingerprint density at radius 2 is 2.00 bits per heavy atom. The van der Waals surface area contributed by atoms with E-state index in [4.69, 9.17) is 5.14 Å². The number of primary sulfonamides is 1. The van der Waals surface area contributed by atoms with Gasteiger partial charge >= 0.3 is 5.63 Å². The van der Waals surface area contributed by atoms with Gasteiger partial charge in [0.15, 0.2) is 0 Å². The molecule has 3 N–H and O–H groups in total. The maximum Gasteiger partial charge on any atom is 0.335 e. The molecule has 0 saturated heterocycles. The van der Waals surface area contributed by atoms with Crippen LogP contribution in [0.4, 0.5) is 0 Å². The quantitative estimate of drug-likeness (QED) is 0.837. The minimum Gasteiger partial charge on any atom is -0.430 e. The van der Waals surface area contributed by atoms with Gasteiger partial charge < -0.3 is 9.73 Å². The third kappa shape index (κ3) is 4.01. The molecule has 1 aromatic carbocycles. The Hall–Kier alpha value is -2.45. The van der Waals surface area contributed by atoms with Gasteiger partial charge in [-0.1, -0.05) is 12.1 Å². The number of hydrogen-bond donors (Lipinski definition) is 2. The molecule has 0 unspecified atom stereocenters. The summed E-state index contributed by atoms with van der Waals surface area (Å²) in [5.74, 6) is -0.445. The van der Waals surface area contributed by atoms with Crippen LogP contribution < -0.4 is 16.1 Å². The zero-order chi connectivity index (χ0) is 15.5. The first kappa shape index (κ1) is 14.9. The van der Waals surface area contributed by atoms with E-state index in [2.05, 4.69) is 9.73 Å². The number of sulfonamides is 1. The van der Waals surface area contributed by atoms with Crippen molar-refractivity contribution in [3.05, 3.63) is 64.2 Å². The Kier molecular flexibility index (Phi) is 4.20. The Balaban J connectivity index is 2.08. The second kappa shape index (κ2) is 5.90. The van der Waals surface area contributed by atoms with Crippen molar-refractivity contribution in [1.82, 2.24) is 5.32 Å². The predicted molar refractivity (Wildman–Crippen MR) is 74.0 cm³/mol. The van der Waals surface area contributed by atoms with Crippen LogP contribution in [0.3, 0.4) is 0 Å². The predicted octanol–water partition coefficient (Wildman–Crippen LogP) is 0.217. The molecule has 0 bridgehead atoms. The molecule has 0 aliphatic heterocycles. The highest BCUT2D eigenvalue weighted by Gasteiger charge is 2.09. The van der Waals surface area contributed by atoms with Gasteiger partial charge in [0.05, 0.1) is 10.5 Å². The molecule has 2 aromatic rings. The Morgan fingerprint density at radius 1 is 1.24 bits per heavy atom. The van der Waals surface area contributed by atoms with Gasteiger partial charge in [-0.15, -0.1) is 0 Å². The molecular weight excluding hydrogens is 296 g/mol. The van der Waals surface area contributed by atoms with Crippen molar-refractivity contribution in [2.45, 2.75) is 11.4 Å². The van der Waals surface area contributed by atoms with E-state index in [0.717, 1.165) is 12.3 Å². The summed E-state index contributed by atoms with van der Waals surface area (Å²) in [6.45, 7) is 0.112. The molecule has 1 amide bonds. The Labute approximate surface area is 120 Å². The van der Waals surface area contributed by atoms with Crippen molar-refractivity contribution < 1.29 is 17.6 Å². The third-order valence-corrected chi connectivity index (χ3v) is 3.55. The zero-order valence-corrected chi connectivity index (χ0v) is 11.6. The van der Waals surface area contributed by atoms with Crippen LogP contribution in [0, 0.1) is 0 Å². The highest BCUT2D eigenvalue weighted by molar-refractivity contribution is 7.89. The summed E-state index contributed by atoms with van der Waals surface area (Å²) < 4.78 is 27.0. The normalized spacial score (nSPS) is 11.1. The smallest absolute Gasteiger partial charge is 0.335 e. The summed E-state index contributed by atoms with van der Waals surface area (Å²) in [5.41, 5.74) is 0.219. The number of amides is 1. The molecule has 1 aromatic heterocycles. The topological polar surface area (TPSA) is 119 Å². The fraction of sp³-hybridized carbons (Fsp3) is 0.0769. The standard InChI is InChI=1S/C13H12N2O5S/c14-21(18,19)11-3-1-2-9(6-11)7-15-13(17)10-4-5-12(16)20-8-10/h1-6,8H,7H2,(H,15,17)(H2,14,18,19). The number of nitrogens with two attached hydrogens (primary N) is 1. The van der Waals surface area contributed by atoms with Crippen molar-refractivity contribution in [3.63, 3.8) is 0 Å². The lowest BCUT2D eigenvalue weighted by Crippen LogP contribution is -2.23. The van der Waals surface area contributed by atoms with Gasteiger partial charge in [0, 0.05) is 12.6 Å². The highest BCUT2D eigenvalue weighted by Crippen LogP contribution is 2.09. The van der Waals surface area contributed by atoms with Crippen LogP contribution in [0.1, 0.15) is 15.9 Å². The van der Waals surface area contributed by atoms with E-state index < -0.39 is 21.6 Å². The Bertz CT molecular complexity index is 806. The van der Waals surface area contributed by atoms with E-state index >= 15 is 0 Å². The molecule has 0 aliphatic rings. The lowest BCUT2D eigenvalue weighted by molar-refractivity contribution is 0.0948. The number of nitrogens with one attached hydrogen (secondary N) is 1. The maximum atomic E-state index is 11.8. The van der Waals surface area contributed by atoms with Crippen molar-refractivity contribution in [3.8, 4) is 0 Å². The molecule has 110 valence electrons. The van der Waals surface area contributed by atoms with Crippen LogP contribution in [0.2, 0.25) is 0 Å². The average molecular weight is 308 g/mol. The molecule has 7 nitrogen and oxygen atoms in total. The van der Waals surface area contributed by atoms with Crippen LogP contribution in [0.25, 0.3) is 0 Å². The van der Waals surface area contributed by atoms with E-state index in [1.54, 1.807) is 6.07 Å². The molecule has 1 heterocycles. The minimum absolute atomic E-state index is 0.0278. The van der Waals surface area contributed by atoms with Crippen LogP contribution in [0.5, 0.6) is 0 Å². The summed E-state index contributed by atoms with van der Waals surface area (Å²) in [6.07, 6.45) is 1.05. The molecule has 0 saturated carbocycles. The maximum absolute atomic E-state index is 11.8. The average Bonchev–Trinajstić information content (AvgIpc) is 2.45. The first-order valence-corrected chi connectivity index (χ1v) is 7.40.